The average Bonchev–Trinajstić information content (AvgIpc) is 3.17. The SMILES string of the molecule is Cc1ccccc1NC(=O)c1sc2ncn(C(C)C(=O)Nc3ccccc3C(F)(F)F)c(=O)c2c1C. The molecule has 2 aromatic heterocycles. The van der Waals surface area contributed by atoms with Crippen LogP contribution in [0.25, 0.3) is 10.2 Å². The highest BCUT2D eigenvalue weighted by molar-refractivity contribution is 7.20. The van der Waals surface area contributed by atoms with Crippen molar-refractivity contribution in [2.24, 2.45) is 0 Å². The third-order valence-electron chi connectivity index (χ3n) is 5.76. The molecule has 4 aromatic rings. The smallest absolute Gasteiger partial charge is 0.324 e. The lowest BCUT2D eigenvalue weighted by Gasteiger charge is -2.17. The molecule has 2 amide bonds. The number of hydrogen-bond acceptors (Lipinski definition) is 5. The summed E-state index contributed by atoms with van der Waals surface area (Å²) < 4.78 is 40.9. The number of rotatable bonds is 5. The van der Waals surface area contributed by atoms with Gasteiger partial charge in [0.2, 0.25) is 5.91 Å². The van der Waals surface area contributed by atoms with Crippen molar-refractivity contribution in [1.82, 2.24) is 9.55 Å². The van der Waals surface area contributed by atoms with E-state index in [9.17, 15) is 27.6 Å². The minimum Gasteiger partial charge on any atom is -0.324 e. The number of hydrogen-bond donors (Lipinski definition) is 2. The molecule has 0 fully saturated rings. The van der Waals surface area contributed by atoms with Crippen LogP contribution in [0, 0.1) is 13.8 Å². The Hall–Kier alpha value is -3.99. The van der Waals surface area contributed by atoms with Crippen LogP contribution in [0.4, 0.5) is 24.5 Å². The number of carbonyl (C=O) groups is 2. The van der Waals surface area contributed by atoms with E-state index in [-0.39, 0.29) is 5.39 Å². The van der Waals surface area contributed by atoms with Crippen molar-refractivity contribution in [1.29, 1.82) is 0 Å². The highest BCUT2D eigenvalue weighted by atomic mass is 32.1. The maximum absolute atomic E-state index is 13.3. The molecule has 4 rings (SSSR count). The number of alkyl halides is 3. The molecule has 7 nitrogen and oxygen atoms in total. The monoisotopic (exact) mass is 514 g/mol. The summed E-state index contributed by atoms with van der Waals surface area (Å²) >= 11 is 1.05. The number of halogens is 3. The van der Waals surface area contributed by atoms with Crippen molar-refractivity contribution < 1.29 is 22.8 Å². The quantitative estimate of drug-likeness (QED) is 0.366. The molecule has 0 bridgehead atoms. The Balaban J connectivity index is 1.64. The van der Waals surface area contributed by atoms with Crippen LogP contribution >= 0.6 is 11.3 Å². The molecular formula is C25H21F3N4O3S. The lowest BCUT2D eigenvalue weighted by molar-refractivity contribution is -0.137. The molecule has 2 aromatic carbocycles. The number of fused-ring (bicyclic) bond motifs is 1. The number of carbonyl (C=O) groups excluding carboxylic acids is 2. The first kappa shape index (κ1) is 25.1. The van der Waals surface area contributed by atoms with Crippen molar-refractivity contribution >= 4 is 44.7 Å². The average molecular weight is 515 g/mol. The van der Waals surface area contributed by atoms with Crippen LogP contribution in [0.3, 0.4) is 0 Å². The summed E-state index contributed by atoms with van der Waals surface area (Å²) in [6.07, 6.45) is -3.50. The van der Waals surface area contributed by atoms with E-state index in [1.54, 1.807) is 19.1 Å². The first-order valence-corrected chi connectivity index (χ1v) is 11.6. The summed E-state index contributed by atoms with van der Waals surface area (Å²) in [5, 5.41) is 5.25. The van der Waals surface area contributed by atoms with Gasteiger partial charge in [0.05, 0.1) is 27.8 Å². The van der Waals surface area contributed by atoms with Crippen LogP contribution in [0.2, 0.25) is 0 Å². The largest absolute Gasteiger partial charge is 0.418 e. The fourth-order valence-electron chi connectivity index (χ4n) is 3.72. The second-order valence-electron chi connectivity index (χ2n) is 8.17. The standard InChI is InChI=1S/C25H21F3N4O3S/c1-13-8-4-6-10-17(13)30-22(34)20-14(2)19-23(36-20)29-12-32(24(19)35)15(3)21(33)31-18-11-7-5-9-16(18)25(26,27)28/h4-12,15H,1-3H3,(H,30,34)(H,31,33). The van der Waals surface area contributed by atoms with Crippen LogP contribution in [-0.2, 0) is 11.0 Å². The zero-order valence-electron chi connectivity index (χ0n) is 19.4. The third-order valence-corrected chi connectivity index (χ3v) is 6.96. The van der Waals surface area contributed by atoms with E-state index in [2.05, 4.69) is 15.6 Å². The van der Waals surface area contributed by atoms with Gasteiger partial charge in [-0.25, -0.2) is 4.98 Å². The first-order chi connectivity index (χ1) is 17.0. The molecule has 1 atom stereocenters. The predicted octanol–water partition coefficient (Wildman–Crippen LogP) is 5.55. The van der Waals surface area contributed by atoms with Gasteiger partial charge in [0, 0.05) is 5.69 Å². The van der Waals surface area contributed by atoms with E-state index in [1.165, 1.54) is 19.1 Å². The predicted molar refractivity (Wildman–Crippen MR) is 133 cm³/mol. The van der Waals surface area contributed by atoms with Crippen LogP contribution < -0.4 is 16.2 Å². The van der Waals surface area contributed by atoms with Crippen LogP contribution in [0.5, 0.6) is 0 Å². The van der Waals surface area contributed by atoms with Gasteiger partial charge in [0.1, 0.15) is 10.9 Å². The lowest BCUT2D eigenvalue weighted by Crippen LogP contribution is -2.32. The van der Waals surface area contributed by atoms with Crippen molar-refractivity contribution in [2.45, 2.75) is 33.0 Å². The van der Waals surface area contributed by atoms with Gasteiger partial charge in [0.25, 0.3) is 11.5 Å². The van der Waals surface area contributed by atoms with Crippen molar-refractivity contribution in [2.75, 3.05) is 10.6 Å². The number of aryl methyl sites for hydroxylation is 2. The zero-order valence-corrected chi connectivity index (χ0v) is 20.3. The van der Waals surface area contributed by atoms with E-state index in [4.69, 9.17) is 0 Å². The van der Waals surface area contributed by atoms with Crippen molar-refractivity contribution in [3.05, 3.63) is 86.8 Å². The Morgan fingerprint density at radius 1 is 1.00 bits per heavy atom. The molecular weight excluding hydrogens is 493 g/mol. The molecule has 2 N–H and O–H groups in total. The van der Waals surface area contributed by atoms with Gasteiger partial charge in [0.15, 0.2) is 0 Å². The van der Waals surface area contributed by atoms with Gasteiger partial charge in [-0.15, -0.1) is 11.3 Å². The highest BCUT2D eigenvalue weighted by Crippen LogP contribution is 2.35. The molecule has 36 heavy (non-hydrogen) atoms. The summed E-state index contributed by atoms with van der Waals surface area (Å²) in [5.74, 6) is -1.22. The normalized spacial score (nSPS) is 12.4. The minimum atomic E-state index is -4.66. The fourth-order valence-corrected chi connectivity index (χ4v) is 4.76. The molecule has 0 spiro atoms. The van der Waals surface area contributed by atoms with Gasteiger partial charge in [-0.3, -0.25) is 19.0 Å². The van der Waals surface area contributed by atoms with Gasteiger partial charge >= 0.3 is 6.18 Å². The minimum absolute atomic E-state index is 0.174. The molecule has 0 aliphatic rings. The fraction of sp³-hybridized carbons (Fsp3) is 0.200. The number of aromatic nitrogens is 2. The summed E-state index contributed by atoms with van der Waals surface area (Å²) in [7, 11) is 0. The molecule has 11 heteroatoms. The number of para-hydroxylation sites is 2. The van der Waals surface area contributed by atoms with E-state index in [0.717, 1.165) is 39.9 Å². The van der Waals surface area contributed by atoms with E-state index >= 15 is 0 Å². The van der Waals surface area contributed by atoms with Crippen LogP contribution in [0.15, 0.2) is 59.7 Å². The van der Waals surface area contributed by atoms with E-state index in [0.29, 0.717) is 21.0 Å². The Bertz CT molecular complexity index is 1540. The summed E-state index contributed by atoms with van der Waals surface area (Å²) in [6, 6.07) is 10.7. The van der Waals surface area contributed by atoms with Crippen LogP contribution in [-0.4, -0.2) is 21.4 Å². The molecule has 186 valence electrons. The number of thiophene rings is 1. The molecule has 1 unspecified atom stereocenters. The maximum atomic E-state index is 13.3. The highest BCUT2D eigenvalue weighted by Gasteiger charge is 2.34. The van der Waals surface area contributed by atoms with Gasteiger partial charge in [-0.2, -0.15) is 13.2 Å². The maximum Gasteiger partial charge on any atom is 0.418 e. The summed E-state index contributed by atoms with van der Waals surface area (Å²) in [6.45, 7) is 4.85. The number of anilines is 2. The van der Waals surface area contributed by atoms with E-state index < -0.39 is 40.8 Å². The second kappa shape index (κ2) is 9.57. The van der Waals surface area contributed by atoms with Crippen LogP contribution in [0.1, 0.15) is 39.3 Å². The molecule has 0 aliphatic carbocycles. The molecule has 0 saturated heterocycles. The summed E-state index contributed by atoms with van der Waals surface area (Å²) in [4.78, 5) is 43.8. The molecule has 0 aliphatic heterocycles. The van der Waals surface area contributed by atoms with Crippen molar-refractivity contribution in [3.8, 4) is 0 Å². The van der Waals surface area contributed by atoms with Gasteiger partial charge < -0.3 is 10.6 Å². The number of benzene rings is 2. The van der Waals surface area contributed by atoms with Gasteiger partial charge in [-0.05, 0) is 50.1 Å². The van der Waals surface area contributed by atoms with Gasteiger partial charge in [-0.1, -0.05) is 30.3 Å². The molecule has 0 radical (unpaired) electrons. The number of nitrogens with zero attached hydrogens (tertiary/aromatic N) is 2. The zero-order chi connectivity index (χ0) is 26.2. The Labute approximate surface area is 207 Å². The Kier molecular flexibility index (Phi) is 6.68. The van der Waals surface area contributed by atoms with E-state index in [1.807, 2.05) is 19.1 Å². The number of nitrogens with one attached hydrogen (secondary N) is 2. The Morgan fingerprint density at radius 2 is 1.64 bits per heavy atom. The lowest BCUT2D eigenvalue weighted by atomic mass is 10.1. The molecule has 0 saturated carbocycles. The summed E-state index contributed by atoms with van der Waals surface area (Å²) in [5.41, 5.74) is -0.0696. The topological polar surface area (TPSA) is 93.1 Å². The number of amides is 2. The Morgan fingerprint density at radius 3 is 2.31 bits per heavy atom. The van der Waals surface area contributed by atoms with Crippen molar-refractivity contribution in [3.63, 3.8) is 0 Å². The molecule has 2 heterocycles. The second-order valence-corrected chi connectivity index (χ2v) is 9.17. The third kappa shape index (κ3) is 4.74. The first-order valence-electron chi connectivity index (χ1n) is 10.8.